The van der Waals surface area contributed by atoms with Crippen LogP contribution in [0.2, 0.25) is 0 Å². The predicted molar refractivity (Wildman–Crippen MR) is 69.7 cm³/mol. The average Bonchev–Trinajstić information content (AvgIpc) is 2.28. The number of nitrogen functional groups attached to an aromatic ring is 2. The molecule has 0 bridgehead atoms. The second kappa shape index (κ2) is 6.78. The van der Waals surface area contributed by atoms with Crippen molar-refractivity contribution >= 4 is 17.3 Å². The molecule has 1 aromatic carbocycles. The van der Waals surface area contributed by atoms with Crippen molar-refractivity contribution in [3.05, 3.63) is 18.2 Å². The molecule has 0 aliphatic heterocycles. The van der Waals surface area contributed by atoms with E-state index in [2.05, 4.69) is 6.92 Å². The Hall–Kier alpha value is -1.71. The minimum Gasteiger partial charge on any atom is -0.424 e. The van der Waals surface area contributed by atoms with Crippen molar-refractivity contribution in [3.63, 3.8) is 0 Å². The first-order valence-electron chi connectivity index (χ1n) is 5.99. The Bertz CT molecular complexity index is 378. The summed E-state index contributed by atoms with van der Waals surface area (Å²) in [5, 5.41) is 0. The fourth-order valence-corrected chi connectivity index (χ4v) is 1.53. The van der Waals surface area contributed by atoms with E-state index in [1.165, 1.54) is 0 Å². The molecule has 0 radical (unpaired) electrons. The zero-order chi connectivity index (χ0) is 12.7. The van der Waals surface area contributed by atoms with Crippen LogP contribution in [0.5, 0.6) is 5.75 Å². The van der Waals surface area contributed by atoms with Crippen LogP contribution in [0.15, 0.2) is 18.2 Å². The highest BCUT2D eigenvalue weighted by Gasteiger charge is 2.07. The maximum absolute atomic E-state index is 11.5. The molecule has 4 nitrogen and oxygen atoms in total. The van der Waals surface area contributed by atoms with Crippen molar-refractivity contribution < 1.29 is 9.53 Å². The monoisotopic (exact) mass is 236 g/mol. The summed E-state index contributed by atoms with van der Waals surface area (Å²) in [6.45, 7) is 2.13. The third kappa shape index (κ3) is 4.76. The molecule has 0 unspecified atom stereocenters. The molecular formula is C13H20N2O2. The number of nitrogens with two attached hydrogens (primary N) is 2. The van der Waals surface area contributed by atoms with Crippen LogP contribution in [0.1, 0.15) is 39.0 Å². The summed E-state index contributed by atoms with van der Waals surface area (Å²) in [6.07, 6.45) is 4.66. The second-order valence-corrected chi connectivity index (χ2v) is 4.08. The maximum Gasteiger partial charge on any atom is 0.311 e. The van der Waals surface area contributed by atoms with Gasteiger partial charge in [0.25, 0.3) is 0 Å². The zero-order valence-corrected chi connectivity index (χ0v) is 10.2. The maximum atomic E-state index is 11.5. The van der Waals surface area contributed by atoms with Gasteiger partial charge in [-0.15, -0.1) is 0 Å². The minimum atomic E-state index is -0.238. The second-order valence-electron chi connectivity index (χ2n) is 4.08. The van der Waals surface area contributed by atoms with E-state index in [1.54, 1.807) is 18.2 Å². The third-order valence-electron chi connectivity index (χ3n) is 2.49. The Labute approximate surface area is 102 Å². The van der Waals surface area contributed by atoms with Gasteiger partial charge in [-0.25, -0.2) is 0 Å². The minimum absolute atomic E-state index is 0.238. The lowest BCUT2D eigenvalue weighted by atomic mass is 10.1. The summed E-state index contributed by atoms with van der Waals surface area (Å²) in [7, 11) is 0. The molecule has 0 atom stereocenters. The van der Waals surface area contributed by atoms with Gasteiger partial charge in [0.1, 0.15) is 0 Å². The first kappa shape index (κ1) is 13.4. The lowest BCUT2D eigenvalue weighted by Gasteiger charge is -2.07. The van der Waals surface area contributed by atoms with Gasteiger partial charge in [-0.1, -0.05) is 26.2 Å². The van der Waals surface area contributed by atoms with Crippen molar-refractivity contribution in [2.24, 2.45) is 0 Å². The van der Waals surface area contributed by atoms with Gasteiger partial charge in [-0.2, -0.15) is 0 Å². The lowest BCUT2D eigenvalue weighted by molar-refractivity contribution is -0.134. The summed E-state index contributed by atoms with van der Waals surface area (Å²) in [4.78, 5) is 11.5. The van der Waals surface area contributed by atoms with Crippen LogP contribution in [0.4, 0.5) is 11.4 Å². The number of carbonyl (C=O) groups is 1. The molecule has 0 aliphatic rings. The highest BCUT2D eigenvalue weighted by Crippen LogP contribution is 2.24. The summed E-state index contributed by atoms with van der Waals surface area (Å²) in [5.41, 5.74) is 12.2. The van der Waals surface area contributed by atoms with Crippen LogP contribution in [-0.4, -0.2) is 5.97 Å². The van der Waals surface area contributed by atoms with E-state index in [-0.39, 0.29) is 5.97 Å². The number of esters is 1. The van der Waals surface area contributed by atoms with Gasteiger partial charge in [0, 0.05) is 12.1 Å². The normalized spacial score (nSPS) is 10.2. The Morgan fingerprint density at radius 2 is 2.00 bits per heavy atom. The molecule has 0 saturated heterocycles. The standard InChI is InChI=1S/C13H20N2O2/c1-2-3-4-5-6-13(16)17-12-8-7-10(14)9-11(12)15/h7-9H,2-6,14-15H2,1H3. The Kier molecular flexibility index (Phi) is 5.33. The van der Waals surface area contributed by atoms with Crippen LogP contribution in [0, 0.1) is 0 Å². The topological polar surface area (TPSA) is 78.3 Å². The van der Waals surface area contributed by atoms with Gasteiger partial charge in [-0.3, -0.25) is 4.79 Å². The molecule has 0 amide bonds. The molecule has 0 aromatic heterocycles. The van der Waals surface area contributed by atoms with E-state index in [0.717, 1.165) is 25.7 Å². The number of anilines is 2. The number of hydrogen-bond acceptors (Lipinski definition) is 4. The van der Waals surface area contributed by atoms with Crippen molar-refractivity contribution in [2.75, 3.05) is 11.5 Å². The van der Waals surface area contributed by atoms with Gasteiger partial charge >= 0.3 is 5.97 Å². The van der Waals surface area contributed by atoms with Gasteiger partial charge in [0.15, 0.2) is 5.75 Å². The number of rotatable bonds is 6. The molecule has 94 valence electrons. The number of hydrogen-bond donors (Lipinski definition) is 2. The molecule has 4 heteroatoms. The largest absolute Gasteiger partial charge is 0.424 e. The van der Waals surface area contributed by atoms with Crippen LogP contribution < -0.4 is 16.2 Å². The average molecular weight is 236 g/mol. The summed E-state index contributed by atoms with van der Waals surface area (Å²) < 4.78 is 5.16. The number of benzene rings is 1. The third-order valence-corrected chi connectivity index (χ3v) is 2.49. The van der Waals surface area contributed by atoms with Gasteiger partial charge < -0.3 is 16.2 Å². The van der Waals surface area contributed by atoms with Crippen LogP contribution in [-0.2, 0) is 4.79 Å². The lowest BCUT2D eigenvalue weighted by Crippen LogP contribution is -2.09. The van der Waals surface area contributed by atoms with Crippen LogP contribution in [0.25, 0.3) is 0 Å². The molecule has 0 heterocycles. The Morgan fingerprint density at radius 3 is 2.65 bits per heavy atom. The Balaban J connectivity index is 2.40. The van der Waals surface area contributed by atoms with E-state index in [0.29, 0.717) is 23.5 Å². The number of carbonyl (C=O) groups excluding carboxylic acids is 1. The molecule has 0 spiro atoms. The fraction of sp³-hybridized carbons (Fsp3) is 0.462. The molecule has 1 aromatic rings. The number of ether oxygens (including phenoxy) is 1. The highest BCUT2D eigenvalue weighted by molar-refractivity contribution is 5.75. The van der Waals surface area contributed by atoms with Gasteiger partial charge in [0.05, 0.1) is 5.69 Å². The summed E-state index contributed by atoms with van der Waals surface area (Å²) >= 11 is 0. The molecule has 0 aliphatic carbocycles. The van der Waals surface area contributed by atoms with Crippen molar-refractivity contribution in [2.45, 2.75) is 39.0 Å². The molecule has 17 heavy (non-hydrogen) atoms. The quantitative estimate of drug-likeness (QED) is 0.344. The molecule has 0 saturated carbocycles. The van der Waals surface area contributed by atoms with E-state index >= 15 is 0 Å². The summed E-state index contributed by atoms with van der Waals surface area (Å²) in [5.74, 6) is 0.150. The van der Waals surface area contributed by atoms with Crippen LogP contribution >= 0.6 is 0 Å². The first-order chi connectivity index (χ1) is 8.13. The van der Waals surface area contributed by atoms with Crippen molar-refractivity contribution in [1.29, 1.82) is 0 Å². The van der Waals surface area contributed by atoms with Crippen LogP contribution in [0.3, 0.4) is 0 Å². The fourth-order valence-electron chi connectivity index (χ4n) is 1.53. The SMILES string of the molecule is CCCCCCC(=O)Oc1ccc(N)cc1N. The van der Waals surface area contributed by atoms with Gasteiger partial charge in [0.2, 0.25) is 0 Å². The van der Waals surface area contributed by atoms with E-state index in [1.807, 2.05) is 0 Å². The van der Waals surface area contributed by atoms with E-state index in [9.17, 15) is 4.79 Å². The zero-order valence-electron chi connectivity index (χ0n) is 10.2. The summed E-state index contributed by atoms with van der Waals surface area (Å²) in [6, 6.07) is 4.87. The van der Waals surface area contributed by atoms with Crippen molar-refractivity contribution in [3.8, 4) is 5.75 Å². The van der Waals surface area contributed by atoms with E-state index in [4.69, 9.17) is 16.2 Å². The molecular weight excluding hydrogens is 216 g/mol. The van der Waals surface area contributed by atoms with E-state index < -0.39 is 0 Å². The van der Waals surface area contributed by atoms with Gasteiger partial charge in [-0.05, 0) is 24.6 Å². The Morgan fingerprint density at radius 1 is 1.24 bits per heavy atom. The first-order valence-corrected chi connectivity index (χ1v) is 5.99. The molecule has 0 fully saturated rings. The van der Waals surface area contributed by atoms with Crippen molar-refractivity contribution in [1.82, 2.24) is 0 Å². The number of unbranched alkanes of at least 4 members (excludes halogenated alkanes) is 3. The molecule has 1 rings (SSSR count). The molecule has 4 N–H and O–H groups in total. The smallest absolute Gasteiger partial charge is 0.311 e. The predicted octanol–water partition coefficient (Wildman–Crippen LogP) is 2.73. The highest BCUT2D eigenvalue weighted by atomic mass is 16.5.